The quantitative estimate of drug-likeness (QED) is 0.854. The lowest BCUT2D eigenvalue weighted by atomic mass is 10.0. The SMILES string of the molecule is O=C(O)C1CSc2ccc(Br)cc2C1. The molecule has 0 bridgehead atoms. The van der Waals surface area contributed by atoms with Gasteiger partial charge < -0.3 is 5.11 Å². The van der Waals surface area contributed by atoms with Crippen molar-refractivity contribution >= 4 is 33.7 Å². The van der Waals surface area contributed by atoms with Crippen molar-refractivity contribution in [1.82, 2.24) is 0 Å². The molecule has 14 heavy (non-hydrogen) atoms. The first kappa shape index (κ1) is 10.1. The van der Waals surface area contributed by atoms with Crippen molar-refractivity contribution in [2.75, 3.05) is 5.75 Å². The summed E-state index contributed by atoms with van der Waals surface area (Å²) < 4.78 is 1.02. The highest BCUT2D eigenvalue weighted by atomic mass is 79.9. The Morgan fingerprint density at radius 2 is 2.36 bits per heavy atom. The molecule has 1 N–H and O–H groups in total. The molecular formula is C10H9BrO2S. The van der Waals surface area contributed by atoms with E-state index in [1.165, 1.54) is 4.90 Å². The number of hydrogen-bond donors (Lipinski definition) is 1. The summed E-state index contributed by atoms with van der Waals surface area (Å²) in [7, 11) is 0. The number of fused-ring (bicyclic) bond motifs is 1. The Labute approximate surface area is 94.8 Å². The molecule has 1 heterocycles. The zero-order chi connectivity index (χ0) is 10.1. The molecule has 1 aromatic rings. The molecule has 0 aliphatic carbocycles. The number of carboxylic acids is 1. The van der Waals surface area contributed by atoms with Gasteiger partial charge in [0.2, 0.25) is 0 Å². The normalized spacial score (nSPS) is 20.2. The average Bonchev–Trinajstić information content (AvgIpc) is 2.16. The van der Waals surface area contributed by atoms with Gasteiger partial charge in [0.25, 0.3) is 0 Å². The average molecular weight is 273 g/mol. The minimum absolute atomic E-state index is 0.234. The smallest absolute Gasteiger partial charge is 0.307 e. The zero-order valence-electron chi connectivity index (χ0n) is 7.37. The summed E-state index contributed by atoms with van der Waals surface area (Å²) in [4.78, 5) is 12.0. The highest BCUT2D eigenvalue weighted by Gasteiger charge is 2.24. The molecule has 0 spiro atoms. The lowest BCUT2D eigenvalue weighted by molar-refractivity contribution is -0.140. The first-order chi connectivity index (χ1) is 6.66. The molecule has 1 aliphatic heterocycles. The number of carbonyl (C=O) groups is 1. The van der Waals surface area contributed by atoms with Gasteiger partial charge in [-0.15, -0.1) is 11.8 Å². The van der Waals surface area contributed by atoms with E-state index in [0.29, 0.717) is 12.2 Å². The highest BCUT2D eigenvalue weighted by molar-refractivity contribution is 9.10. The maximum atomic E-state index is 10.8. The fraction of sp³-hybridized carbons (Fsp3) is 0.300. The minimum Gasteiger partial charge on any atom is -0.481 e. The molecule has 0 amide bonds. The molecule has 0 fully saturated rings. The van der Waals surface area contributed by atoms with Crippen LogP contribution in [0.1, 0.15) is 5.56 Å². The second-order valence-corrected chi connectivity index (χ2v) is 5.28. The van der Waals surface area contributed by atoms with Gasteiger partial charge in [-0.2, -0.15) is 0 Å². The Balaban J connectivity index is 2.29. The van der Waals surface area contributed by atoms with Gasteiger partial charge in [-0.3, -0.25) is 4.79 Å². The molecule has 1 aromatic carbocycles. The van der Waals surface area contributed by atoms with Crippen LogP contribution in [-0.2, 0) is 11.2 Å². The van der Waals surface area contributed by atoms with Crippen LogP contribution < -0.4 is 0 Å². The molecule has 2 rings (SSSR count). The summed E-state index contributed by atoms with van der Waals surface area (Å²) in [5.74, 6) is -0.242. The van der Waals surface area contributed by atoms with E-state index in [9.17, 15) is 4.79 Å². The third-order valence-electron chi connectivity index (χ3n) is 2.28. The van der Waals surface area contributed by atoms with Crippen molar-refractivity contribution in [2.24, 2.45) is 5.92 Å². The lowest BCUT2D eigenvalue weighted by Crippen LogP contribution is -2.22. The summed E-state index contributed by atoms with van der Waals surface area (Å²) in [6.45, 7) is 0. The summed E-state index contributed by atoms with van der Waals surface area (Å²) in [6, 6.07) is 6.05. The molecule has 2 nitrogen and oxygen atoms in total. The van der Waals surface area contributed by atoms with Crippen LogP contribution >= 0.6 is 27.7 Å². The van der Waals surface area contributed by atoms with Crippen molar-refractivity contribution in [3.05, 3.63) is 28.2 Å². The lowest BCUT2D eigenvalue weighted by Gasteiger charge is -2.20. The number of thioether (sulfide) groups is 1. The first-order valence-corrected chi connectivity index (χ1v) is 6.08. The Bertz CT molecular complexity index is 378. The monoisotopic (exact) mass is 272 g/mol. The predicted molar refractivity (Wildman–Crippen MR) is 59.7 cm³/mol. The van der Waals surface area contributed by atoms with Crippen LogP contribution in [0.15, 0.2) is 27.6 Å². The van der Waals surface area contributed by atoms with Gasteiger partial charge in [0, 0.05) is 15.1 Å². The number of rotatable bonds is 1. The van der Waals surface area contributed by atoms with E-state index in [4.69, 9.17) is 5.11 Å². The molecule has 0 saturated heterocycles. The summed E-state index contributed by atoms with van der Waals surface area (Å²) in [5, 5.41) is 8.91. The van der Waals surface area contributed by atoms with Gasteiger partial charge in [-0.1, -0.05) is 15.9 Å². The summed E-state index contributed by atoms with van der Waals surface area (Å²) in [5.41, 5.74) is 1.14. The van der Waals surface area contributed by atoms with E-state index < -0.39 is 5.97 Å². The van der Waals surface area contributed by atoms with E-state index in [1.807, 2.05) is 18.2 Å². The molecule has 74 valence electrons. The van der Waals surface area contributed by atoms with Gasteiger partial charge in [-0.25, -0.2) is 0 Å². The second kappa shape index (κ2) is 3.95. The van der Waals surface area contributed by atoms with Crippen LogP contribution in [0.3, 0.4) is 0 Å². The van der Waals surface area contributed by atoms with E-state index in [0.717, 1.165) is 10.0 Å². The Morgan fingerprint density at radius 3 is 3.07 bits per heavy atom. The van der Waals surface area contributed by atoms with E-state index >= 15 is 0 Å². The third kappa shape index (κ3) is 1.96. The molecule has 0 saturated carbocycles. The molecule has 4 heteroatoms. The zero-order valence-corrected chi connectivity index (χ0v) is 9.77. The largest absolute Gasteiger partial charge is 0.481 e. The van der Waals surface area contributed by atoms with Crippen LogP contribution in [0, 0.1) is 5.92 Å². The number of halogens is 1. The number of aliphatic carboxylic acids is 1. The highest BCUT2D eigenvalue weighted by Crippen LogP contribution is 2.34. The standard InChI is InChI=1S/C10H9BrO2S/c11-8-1-2-9-6(4-8)3-7(5-14-9)10(12)13/h1-2,4,7H,3,5H2,(H,12,13). The molecule has 1 unspecified atom stereocenters. The van der Waals surface area contributed by atoms with E-state index in [2.05, 4.69) is 15.9 Å². The molecular weight excluding hydrogens is 264 g/mol. The van der Waals surface area contributed by atoms with Gasteiger partial charge >= 0.3 is 5.97 Å². The first-order valence-electron chi connectivity index (χ1n) is 4.31. The number of carboxylic acid groups (broad SMARTS) is 1. The minimum atomic E-state index is -0.692. The van der Waals surface area contributed by atoms with Gasteiger partial charge in [0.1, 0.15) is 0 Å². The fourth-order valence-electron chi connectivity index (χ4n) is 1.52. The number of benzene rings is 1. The van der Waals surface area contributed by atoms with Crippen molar-refractivity contribution in [3.63, 3.8) is 0 Å². The van der Waals surface area contributed by atoms with Crippen molar-refractivity contribution < 1.29 is 9.90 Å². The number of hydrogen-bond acceptors (Lipinski definition) is 2. The molecule has 1 atom stereocenters. The van der Waals surface area contributed by atoms with Crippen molar-refractivity contribution in [2.45, 2.75) is 11.3 Å². The van der Waals surface area contributed by atoms with Crippen LogP contribution in [0.25, 0.3) is 0 Å². The van der Waals surface area contributed by atoms with E-state index in [1.54, 1.807) is 11.8 Å². The van der Waals surface area contributed by atoms with E-state index in [-0.39, 0.29) is 5.92 Å². The predicted octanol–water partition coefficient (Wildman–Crippen LogP) is 2.80. The van der Waals surface area contributed by atoms with Crippen LogP contribution in [0.4, 0.5) is 0 Å². The van der Waals surface area contributed by atoms with Crippen molar-refractivity contribution in [1.29, 1.82) is 0 Å². The Morgan fingerprint density at radius 1 is 1.57 bits per heavy atom. The van der Waals surface area contributed by atoms with Gasteiger partial charge in [0.05, 0.1) is 5.92 Å². The fourth-order valence-corrected chi connectivity index (χ4v) is 3.06. The van der Waals surface area contributed by atoms with Crippen molar-refractivity contribution in [3.8, 4) is 0 Å². The maximum absolute atomic E-state index is 10.8. The van der Waals surface area contributed by atoms with Crippen LogP contribution in [-0.4, -0.2) is 16.8 Å². The van der Waals surface area contributed by atoms with Gasteiger partial charge in [0.15, 0.2) is 0 Å². The van der Waals surface area contributed by atoms with Gasteiger partial charge in [-0.05, 0) is 30.2 Å². The third-order valence-corrected chi connectivity index (χ3v) is 4.05. The maximum Gasteiger partial charge on any atom is 0.307 e. The van der Waals surface area contributed by atoms with Crippen LogP contribution in [0.5, 0.6) is 0 Å². The topological polar surface area (TPSA) is 37.3 Å². The van der Waals surface area contributed by atoms with Crippen LogP contribution in [0.2, 0.25) is 0 Å². The molecule has 0 aromatic heterocycles. The second-order valence-electron chi connectivity index (χ2n) is 3.30. The molecule has 0 radical (unpaired) electrons. The summed E-state index contributed by atoms with van der Waals surface area (Å²) in [6.07, 6.45) is 0.650. The summed E-state index contributed by atoms with van der Waals surface area (Å²) >= 11 is 5.02. The Hall–Kier alpha value is -0.480. The Kier molecular flexibility index (Phi) is 2.83. The molecule has 1 aliphatic rings.